The predicted molar refractivity (Wildman–Crippen MR) is 82.5 cm³/mol. The van der Waals surface area contributed by atoms with Crippen molar-refractivity contribution in [2.45, 2.75) is 11.3 Å². The average molecular weight is 327 g/mol. The summed E-state index contributed by atoms with van der Waals surface area (Å²) in [6.45, 7) is 0. The lowest BCUT2D eigenvalue weighted by Crippen LogP contribution is -2.14. The van der Waals surface area contributed by atoms with Crippen molar-refractivity contribution in [2.75, 3.05) is 17.7 Å². The van der Waals surface area contributed by atoms with E-state index in [1.165, 1.54) is 13.3 Å². The number of rotatable bonds is 6. The molecule has 0 amide bonds. The van der Waals surface area contributed by atoms with Crippen LogP contribution in [0.5, 0.6) is 5.88 Å². The van der Waals surface area contributed by atoms with Gasteiger partial charge >= 0.3 is 0 Å². The third-order valence-corrected chi connectivity index (χ3v) is 4.40. The first-order valence-corrected chi connectivity index (χ1v) is 8.25. The third kappa shape index (κ3) is 3.86. The van der Waals surface area contributed by atoms with Crippen molar-refractivity contribution in [3.63, 3.8) is 0 Å². The lowest BCUT2D eigenvalue weighted by Gasteiger charge is -2.11. The number of ether oxygens (including phenoxy) is 1. The monoisotopic (exact) mass is 326 g/mol. The predicted octanol–water partition coefficient (Wildman–Crippen LogP) is 2.67. The number of pyridine rings is 1. The van der Waals surface area contributed by atoms with Crippen LogP contribution in [0.3, 0.4) is 0 Å². The van der Waals surface area contributed by atoms with Crippen molar-refractivity contribution in [2.24, 2.45) is 0 Å². The molecule has 5 nitrogen and oxygen atoms in total. The van der Waals surface area contributed by atoms with Gasteiger partial charge < -0.3 is 4.74 Å². The molecule has 0 spiro atoms. The maximum atomic E-state index is 12.3. The van der Waals surface area contributed by atoms with E-state index in [9.17, 15) is 8.42 Å². The minimum absolute atomic E-state index is 0.173. The van der Waals surface area contributed by atoms with Gasteiger partial charge in [-0.05, 0) is 36.2 Å². The lowest BCUT2D eigenvalue weighted by molar-refractivity contribution is 0.400. The van der Waals surface area contributed by atoms with E-state index in [4.69, 9.17) is 16.3 Å². The quantitative estimate of drug-likeness (QED) is 0.829. The summed E-state index contributed by atoms with van der Waals surface area (Å²) >= 11 is 5.66. The van der Waals surface area contributed by atoms with Crippen LogP contribution in [-0.4, -0.2) is 26.4 Å². The molecule has 0 aliphatic heterocycles. The highest BCUT2D eigenvalue weighted by Crippen LogP contribution is 2.23. The number of benzene rings is 1. The first kappa shape index (κ1) is 15.6. The minimum Gasteiger partial charge on any atom is -0.480 e. The number of methoxy groups -OCH3 is 1. The summed E-state index contributed by atoms with van der Waals surface area (Å²) in [5, 5.41) is 0. The van der Waals surface area contributed by atoms with Crippen LogP contribution in [0.4, 0.5) is 5.69 Å². The fourth-order valence-electron chi connectivity index (χ4n) is 1.78. The van der Waals surface area contributed by atoms with Crippen LogP contribution >= 0.6 is 11.6 Å². The van der Waals surface area contributed by atoms with Gasteiger partial charge in [0.05, 0.1) is 12.0 Å². The minimum atomic E-state index is -3.68. The second kappa shape index (κ2) is 6.78. The van der Waals surface area contributed by atoms with Crippen molar-refractivity contribution in [1.82, 2.24) is 4.98 Å². The van der Waals surface area contributed by atoms with Crippen LogP contribution in [0, 0.1) is 0 Å². The second-order valence-electron chi connectivity index (χ2n) is 4.25. The zero-order valence-electron chi connectivity index (χ0n) is 11.4. The Balaban J connectivity index is 2.25. The molecule has 0 atom stereocenters. The third-order valence-electron chi connectivity index (χ3n) is 2.83. The van der Waals surface area contributed by atoms with Gasteiger partial charge in [-0.2, -0.15) is 0 Å². The topological polar surface area (TPSA) is 68.3 Å². The Hall–Kier alpha value is -1.79. The Morgan fingerprint density at radius 1 is 1.24 bits per heavy atom. The van der Waals surface area contributed by atoms with E-state index in [1.54, 1.807) is 36.4 Å². The molecule has 0 saturated heterocycles. The molecule has 112 valence electrons. The number of sulfonamides is 1. The Bertz CT molecular complexity index is 702. The molecule has 0 unspecified atom stereocenters. The summed E-state index contributed by atoms with van der Waals surface area (Å²) < 4.78 is 32.1. The fourth-order valence-corrected chi connectivity index (χ4v) is 3.05. The van der Waals surface area contributed by atoms with E-state index in [2.05, 4.69) is 9.71 Å². The van der Waals surface area contributed by atoms with E-state index < -0.39 is 10.0 Å². The number of alkyl halides is 1. The van der Waals surface area contributed by atoms with Crippen molar-refractivity contribution >= 4 is 27.3 Å². The van der Waals surface area contributed by atoms with Crippen LogP contribution in [0.25, 0.3) is 0 Å². The number of hydrogen-bond acceptors (Lipinski definition) is 4. The maximum Gasteiger partial charge on any atom is 0.262 e. The first-order valence-electron chi connectivity index (χ1n) is 6.23. The molecular formula is C14H15ClN2O3S. The zero-order chi connectivity index (χ0) is 15.3. The van der Waals surface area contributed by atoms with Crippen LogP contribution in [0.15, 0.2) is 47.5 Å². The van der Waals surface area contributed by atoms with E-state index in [0.29, 0.717) is 18.0 Å². The summed E-state index contributed by atoms with van der Waals surface area (Å²) in [5.41, 5.74) is 1.28. The molecule has 0 bridgehead atoms. The molecular weight excluding hydrogens is 312 g/mol. The van der Waals surface area contributed by atoms with Crippen LogP contribution in [0.2, 0.25) is 0 Å². The number of anilines is 1. The Kier molecular flexibility index (Phi) is 5.03. The fraction of sp³-hybridized carbons (Fsp3) is 0.214. The number of aromatic nitrogens is 1. The molecule has 1 aromatic heterocycles. The summed E-state index contributed by atoms with van der Waals surface area (Å²) in [7, 11) is -2.25. The molecule has 0 fully saturated rings. The van der Waals surface area contributed by atoms with Gasteiger partial charge in [-0.1, -0.05) is 12.1 Å². The first-order chi connectivity index (χ1) is 10.1. The molecule has 7 heteroatoms. The van der Waals surface area contributed by atoms with Crippen molar-refractivity contribution in [3.8, 4) is 5.88 Å². The van der Waals surface area contributed by atoms with Gasteiger partial charge in [0.15, 0.2) is 0 Å². The normalized spacial score (nSPS) is 11.1. The zero-order valence-corrected chi connectivity index (χ0v) is 13.0. The smallest absolute Gasteiger partial charge is 0.262 e. The van der Waals surface area contributed by atoms with Crippen LogP contribution < -0.4 is 9.46 Å². The molecule has 1 aromatic carbocycles. The number of halogens is 1. The van der Waals surface area contributed by atoms with E-state index in [-0.39, 0.29) is 10.8 Å². The second-order valence-corrected chi connectivity index (χ2v) is 6.31. The molecule has 0 aliphatic carbocycles. The highest BCUT2D eigenvalue weighted by atomic mass is 35.5. The van der Waals surface area contributed by atoms with Gasteiger partial charge in [0.2, 0.25) is 5.88 Å². The van der Waals surface area contributed by atoms with Crippen molar-refractivity contribution in [1.29, 1.82) is 0 Å². The number of aryl methyl sites for hydroxylation is 1. The standard InChI is InChI=1S/C14H15ClN2O3S/c1-20-14-13(3-2-10-16-14)17-21(18,19)12-6-4-11(5-7-12)8-9-15/h2-7,10,17H,8-9H2,1H3. The van der Waals surface area contributed by atoms with Crippen molar-refractivity contribution in [3.05, 3.63) is 48.2 Å². The highest BCUT2D eigenvalue weighted by molar-refractivity contribution is 7.92. The van der Waals surface area contributed by atoms with Gasteiger partial charge in [-0.3, -0.25) is 4.72 Å². The lowest BCUT2D eigenvalue weighted by atomic mass is 10.2. The van der Waals surface area contributed by atoms with E-state index in [1.807, 2.05) is 0 Å². The Morgan fingerprint density at radius 3 is 2.57 bits per heavy atom. The molecule has 2 rings (SSSR count). The average Bonchev–Trinajstić information content (AvgIpc) is 2.48. The number of nitrogens with one attached hydrogen (secondary N) is 1. The molecule has 1 heterocycles. The maximum absolute atomic E-state index is 12.3. The summed E-state index contributed by atoms with van der Waals surface area (Å²) in [5.74, 6) is 0.719. The summed E-state index contributed by atoms with van der Waals surface area (Å²) in [6, 6.07) is 9.81. The van der Waals surface area contributed by atoms with Crippen molar-refractivity contribution < 1.29 is 13.2 Å². The molecule has 0 saturated carbocycles. The molecule has 1 N–H and O–H groups in total. The van der Waals surface area contributed by atoms with Crippen LogP contribution in [-0.2, 0) is 16.4 Å². The van der Waals surface area contributed by atoms with E-state index in [0.717, 1.165) is 5.56 Å². The van der Waals surface area contributed by atoms with Gasteiger partial charge in [-0.25, -0.2) is 13.4 Å². The summed E-state index contributed by atoms with van der Waals surface area (Å²) in [4.78, 5) is 4.12. The Labute approximate surface area is 129 Å². The van der Waals surface area contributed by atoms with Crippen LogP contribution in [0.1, 0.15) is 5.56 Å². The molecule has 21 heavy (non-hydrogen) atoms. The number of nitrogens with zero attached hydrogens (tertiary/aromatic N) is 1. The van der Waals surface area contributed by atoms with Gasteiger partial charge in [-0.15, -0.1) is 11.6 Å². The molecule has 2 aromatic rings. The van der Waals surface area contributed by atoms with Gasteiger partial charge in [0.25, 0.3) is 10.0 Å². The van der Waals surface area contributed by atoms with Gasteiger partial charge in [0.1, 0.15) is 5.69 Å². The summed E-state index contributed by atoms with van der Waals surface area (Å²) in [6.07, 6.45) is 2.23. The number of hydrogen-bond donors (Lipinski definition) is 1. The largest absolute Gasteiger partial charge is 0.480 e. The Morgan fingerprint density at radius 2 is 1.95 bits per heavy atom. The molecule has 0 aliphatic rings. The van der Waals surface area contributed by atoms with Gasteiger partial charge in [0, 0.05) is 12.1 Å². The molecule has 0 radical (unpaired) electrons. The van der Waals surface area contributed by atoms with E-state index >= 15 is 0 Å². The highest BCUT2D eigenvalue weighted by Gasteiger charge is 2.16. The SMILES string of the molecule is COc1ncccc1NS(=O)(=O)c1ccc(CCCl)cc1.